The lowest BCUT2D eigenvalue weighted by Crippen LogP contribution is -2.15. The van der Waals surface area contributed by atoms with Crippen LogP contribution in [0.25, 0.3) is 11.0 Å². The van der Waals surface area contributed by atoms with E-state index in [0.29, 0.717) is 11.3 Å². The van der Waals surface area contributed by atoms with Crippen LogP contribution in [-0.2, 0) is 16.6 Å². The average Bonchev–Trinajstić information content (AvgIpc) is 2.95. The molecule has 0 aliphatic rings. The van der Waals surface area contributed by atoms with Gasteiger partial charge < -0.3 is 9.30 Å². The van der Waals surface area contributed by atoms with Gasteiger partial charge in [-0.05, 0) is 24.3 Å². The van der Waals surface area contributed by atoms with Gasteiger partial charge in [0, 0.05) is 11.6 Å². The van der Waals surface area contributed by atoms with Gasteiger partial charge in [-0.2, -0.15) is 0 Å². The van der Waals surface area contributed by atoms with Crippen molar-refractivity contribution in [2.75, 3.05) is 7.11 Å². The van der Waals surface area contributed by atoms with Crippen LogP contribution in [0.3, 0.4) is 0 Å². The van der Waals surface area contributed by atoms with Crippen LogP contribution in [0, 0.1) is 0 Å². The van der Waals surface area contributed by atoms with Crippen molar-refractivity contribution in [3.05, 3.63) is 52.3 Å². The first-order valence-corrected chi connectivity index (χ1v) is 9.55. The average molecular weight is 414 g/mol. The molecule has 0 spiro atoms. The fourth-order valence-corrected chi connectivity index (χ4v) is 3.92. The highest BCUT2D eigenvalue weighted by molar-refractivity contribution is 7.89. The molecule has 0 amide bonds. The number of ketones is 1. The summed E-state index contributed by atoms with van der Waals surface area (Å²) >= 11 is 11.9. The molecule has 0 aliphatic carbocycles. The van der Waals surface area contributed by atoms with Gasteiger partial charge in [0.25, 0.3) is 0 Å². The van der Waals surface area contributed by atoms with Gasteiger partial charge in [0.15, 0.2) is 5.78 Å². The monoisotopic (exact) mass is 413 g/mol. The summed E-state index contributed by atoms with van der Waals surface area (Å²) in [7, 11) is -2.54. The number of rotatable bonds is 5. The van der Waals surface area contributed by atoms with E-state index < -0.39 is 15.8 Å². The number of aromatic nitrogens is 2. The van der Waals surface area contributed by atoms with Crippen molar-refractivity contribution < 1.29 is 17.9 Å². The number of hydrogen-bond acceptors (Lipinski definition) is 5. The molecule has 0 fully saturated rings. The zero-order valence-corrected chi connectivity index (χ0v) is 15.8. The van der Waals surface area contributed by atoms with Crippen LogP contribution in [0.5, 0.6) is 5.75 Å². The first-order valence-electron chi connectivity index (χ1n) is 7.24. The van der Waals surface area contributed by atoms with Crippen LogP contribution in [0.4, 0.5) is 0 Å². The zero-order valence-electron chi connectivity index (χ0n) is 13.4. The van der Waals surface area contributed by atoms with Gasteiger partial charge in [0.05, 0.1) is 41.1 Å². The molecule has 3 aromatic rings. The zero-order chi connectivity index (χ0) is 19.1. The lowest BCUT2D eigenvalue weighted by atomic mass is 10.1. The summed E-state index contributed by atoms with van der Waals surface area (Å²) in [6, 6.07) is 7.54. The number of nitrogens with two attached hydrogens (primary N) is 1. The second-order valence-corrected chi connectivity index (χ2v) is 7.80. The molecule has 0 saturated carbocycles. The Bertz CT molecular complexity index is 1130. The van der Waals surface area contributed by atoms with E-state index >= 15 is 0 Å². The Morgan fingerprint density at radius 3 is 2.62 bits per heavy atom. The van der Waals surface area contributed by atoms with Crippen LogP contribution in [0.2, 0.25) is 10.0 Å². The number of methoxy groups -OCH3 is 1. The number of Topliss-reactive ketones (excluding diaryl/α,β-unsaturated/α-hetero) is 1. The number of sulfonamides is 1. The molecule has 0 unspecified atom stereocenters. The Hall–Kier alpha value is -2.13. The summed E-state index contributed by atoms with van der Waals surface area (Å²) in [5, 5.41) is 5.02. The minimum absolute atomic E-state index is 0.00968. The second kappa shape index (κ2) is 6.88. The van der Waals surface area contributed by atoms with E-state index in [9.17, 15) is 13.2 Å². The Balaban J connectivity index is 1.98. The number of nitrogens with zero attached hydrogens (tertiary/aromatic N) is 2. The number of ether oxygens (including phenoxy) is 1. The van der Waals surface area contributed by atoms with Crippen LogP contribution in [-0.4, -0.2) is 30.9 Å². The molecule has 0 radical (unpaired) electrons. The largest absolute Gasteiger partial charge is 0.497 e. The van der Waals surface area contributed by atoms with Crippen molar-refractivity contribution in [1.29, 1.82) is 0 Å². The van der Waals surface area contributed by atoms with E-state index in [1.807, 2.05) is 0 Å². The molecule has 10 heteroatoms. The highest BCUT2D eigenvalue weighted by Gasteiger charge is 2.20. The topological polar surface area (TPSA) is 104 Å². The lowest BCUT2D eigenvalue weighted by Gasteiger charge is -2.09. The number of halogens is 2. The fourth-order valence-electron chi connectivity index (χ4n) is 2.50. The highest BCUT2D eigenvalue weighted by atomic mass is 35.5. The number of carbonyl (C=O) groups is 1. The molecule has 1 heterocycles. The third-order valence-electron chi connectivity index (χ3n) is 3.77. The first-order chi connectivity index (χ1) is 12.2. The van der Waals surface area contributed by atoms with Crippen molar-refractivity contribution in [3.63, 3.8) is 0 Å². The molecule has 0 atom stereocenters. The molecule has 26 heavy (non-hydrogen) atoms. The molecule has 136 valence electrons. The van der Waals surface area contributed by atoms with Crippen LogP contribution < -0.4 is 9.88 Å². The highest BCUT2D eigenvalue weighted by Crippen LogP contribution is 2.29. The molecule has 3 rings (SSSR count). The molecular formula is C16H13Cl2N3O4S. The number of imidazole rings is 1. The van der Waals surface area contributed by atoms with Gasteiger partial charge >= 0.3 is 0 Å². The number of benzene rings is 2. The fraction of sp³-hybridized carbons (Fsp3) is 0.125. The smallest absolute Gasteiger partial charge is 0.239 e. The van der Waals surface area contributed by atoms with E-state index in [2.05, 4.69) is 4.98 Å². The standard InChI is InChI=1S/C16H13Cl2N3O4S/c1-25-9-2-3-14-13(4-9)20-8-21(14)7-15(22)10-5-16(26(19,23)24)12(18)6-11(10)17/h2-6,8H,7H2,1H3,(H2,19,23,24). The summed E-state index contributed by atoms with van der Waals surface area (Å²) in [6.45, 7) is -0.0890. The molecule has 0 bridgehead atoms. The molecule has 0 saturated heterocycles. The van der Waals surface area contributed by atoms with Crippen molar-refractivity contribution in [2.24, 2.45) is 5.14 Å². The van der Waals surface area contributed by atoms with Crippen molar-refractivity contribution in [2.45, 2.75) is 11.4 Å². The van der Waals surface area contributed by atoms with Gasteiger partial charge in [-0.3, -0.25) is 4.79 Å². The predicted molar refractivity (Wildman–Crippen MR) is 98.5 cm³/mol. The summed E-state index contributed by atoms with van der Waals surface area (Å²) in [5.41, 5.74) is 1.39. The Kier molecular flexibility index (Phi) is 4.94. The molecular weight excluding hydrogens is 401 g/mol. The molecule has 2 N–H and O–H groups in total. The Morgan fingerprint density at radius 2 is 1.96 bits per heavy atom. The third kappa shape index (κ3) is 3.54. The van der Waals surface area contributed by atoms with Crippen LogP contribution >= 0.6 is 23.2 Å². The summed E-state index contributed by atoms with van der Waals surface area (Å²) < 4.78 is 30.0. The first kappa shape index (κ1) is 18.7. The van der Waals surface area contributed by atoms with Gasteiger partial charge in [-0.15, -0.1) is 0 Å². The maximum atomic E-state index is 12.7. The number of carbonyl (C=O) groups excluding carboxylic acids is 1. The Labute approximate surface area is 159 Å². The number of fused-ring (bicyclic) bond motifs is 1. The van der Waals surface area contributed by atoms with Gasteiger partial charge in [0.1, 0.15) is 10.6 Å². The minimum Gasteiger partial charge on any atom is -0.497 e. The van der Waals surface area contributed by atoms with Crippen molar-refractivity contribution in [3.8, 4) is 5.75 Å². The SMILES string of the molecule is COc1ccc2c(c1)ncn2CC(=O)c1cc(S(N)(=O)=O)c(Cl)cc1Cl. The number of hydrogen-bond donors (Lipinski definition) is 1. The maximum absolute atomic E-state index is 12.7. The van der Waals surface area contributed by atoms with Gasteiger partial charge in [0.2, 0.25) is 10.0 Å². The Morgan fingerprint density at radius 1 is 1.23 bits per heavy atom. The normalized spacial score (nSPS) is 11.7. The lowest BCUT2D eigenvalue weighted by molar-refractivity contribution is 0.0973. The quantitative estimate of drug-likeness (QED) is 0.647. The number of primary sulfonamides is 1. The van der Waals surface area contributed by atoms with Crippen LogP contribution in [0.1, 0.15) is 10.4 Å². The van der Waals surface area contributed by atoms with Gasteiger partial charge in [-0.25, -0.2) is 18.5 Å². The molecule has 7 nitrogen and oxygen atoms in total. The van der Waals surface area contributed by atoms with Crippen LogP contribution in [0.15, 0.2) is 41.6 Å². The summed E-state index contributed by atoms with van der Waals surface area (Å²) in [5.74, 6) is 0.235. The van der Waals surface area contributed by atoms with E-state index in [1.165, 1.54) is 12.4 Å². The summed E-state index contributed by atoms with van der Waals surface area (Å²) in [6.07, 6.45) is 1.51. The van der Waals surface area contributed by atoms with E-state index in [-0.39, 0.29) is 27.0 Å². The maximum Gasteiger partial charge on any atom is 0.239 e. The molecule has 1 aromatic heterocycles. The third-order valence-corrected chi connectivity index (χ3v) is 5.46. The molecule has 2 aromatic carbocycles. The minimum atomic E-state index is -4.09. The van der Waals surface area contributed by atoms with E-state index in [4.69, 9.17) is 33.1 Å². The second-order valence-electron chi connectivity index (χ2n) is 5.46. The van der Waals surface area contributed by atoms with E-state index in [1.54, 1.807) is 29.9 Å². The molecule has 0 aliphatic heterocycles. The van der Waals surface area contributed by atoms with E-state index in [0.717, 1.165) is 11.6 Å². The van der Waals surface area contributed by atoms with Crippen molar-refractivity contribution >= 4 is 50.0 Å². The van der Waals surface area contributed by atoms with Crippen molar-refractivity contribution in [1.82, 2.24) is 9.55 Å². The van der Waals surface area contributed by atoms with Gasteiger partial charge in [-0.1, -0.05) is 23.2 Å². The summed E-state index contributed by atoms with van der Waals surface area (Å²) in [4.78, 5) is 16.5. The predicted octanol–water partition coefficient (Wildman–Crippen LogP) is 2.88.